The number of carbonyl (C=O) groups is 1. The van der Waals surface area contributed by atoms with Crippen molar-refractivity contribution in [1.29, 1.82) is 0 Å². The van der Waals surface area contributed by atoms with E-state index < -0.39 is 6.17 Å². The molecule has 1 unspecified atom stereocenters. The Morgan fingerprint density at radius 2 is 2.50 bits per heavy atom. The number of nitrogens with zero attached hydrogens (tertiary/aromatic N) is 2. The molecule has 1 N–H and O–H groups in total. The quantitative estimate of drug-likeness (QED) is 0.554. The second kappa shape index (κ2) is 2.48. The topological polar surface area (TPSA) is 44.7 Å². The van der Waals surface area contributed by atoms with E-state index in [2.05, 4.69) is 10.3 Å². The maximum atomic E-state index is 11.3. The fraction of sp³-hybridized carbons (Fsp3) is 0.250. The third-order valence-corrected chi connectivity index (χ3v) is 1.75. The zero-order chi connectivity index (χ0) is 8.55. The van der Waals surface area contributed by atoms with Gasteiger partial charge in [-0.05, 0) is 13.0 Å². The predicted octanol–water partition coefficient (Wildman–Crippen LogP) is 0.204. The summed E-state index contributed by atoms with van der Waals surface area (Å²) in [6, 6.07) is 0. The van der Waals surface area contributed by atoms with Crippen molar-refractivity contribution in [2.24, 2.45) is 4.99 Å². The molecule has 1 amide bonds. The lowest BCUT2D eigenvalue weighted by atomic mass is 10.3. The molecule has 0 aromatic heterocycles. The summed E-state index contributed by atoms with van der Waals surface area (Å²) in [5.41, 5.74) is 0.845. The molecule has 0 saturated carbocycles. The first kappa shape index (κ1) is 7.09. The highest BCUT2D eigenvalue weighted by Crippen LogP contribution is 2.13. The van der Waals surface area contributed by atoms with Crippen LogP contribution in [0, 0.1) is 0 Å². The van der Waals surface area contributed by atoms with Crippen molar-refractivity contribution in [1.82, 2.24) is 10.2 Å². The van der Waals surface area contributed by atoms with E-state index in [1.165, 1.54) is 0 Å². The molecule has 4 heteroatoms. The van der Waals surface area contributed by atoms with Gasteiger partial charge in [0.15, 0.2) is 0 Å². The minimum Gasteiger partial charge on any atom is -0.325 e. The smallest absolute Gasteiger partial charge is 0.269 e. The van der Waals surface area contributed by atoms with Gasteiger partial charge in [-0.2, -0.15) is 0 Å². The summed E-state index contributed by atoms with van der Waals surface area (Å²) < 4.78 is 0. The maximum absolute atomic E-state index is 11.3. The van der Waals surface area contributed by atoms with Crippen LogP contribution in [-0.4, -0.2) is 23.2 Å². The van der Waals surface area contributed by atoms with Crippen LogP contribution in [0.15, 0.2) is 29.2 Å². The average molecular weight is 163 g/mol. The molecule has 0 spiro atoms. The van der Waals surface area contributed by atoms with Crippen LogP contribution in [-0.2, 0) is 4.79 Å². The van der Waals surface area contributed by atoms with Crippen molar-refractivity contribution in [3.63, 3.8) is 0 Å². The van der Waals surface area contributed by atoms with Gasteiger partial charge >= 0.3 is 0 Å². The van der Waals surface area contributed by atoms with Crippen LogP contribution in [0.3, 0.4) is 0 Å². The lowest BCUT2D eigenvalue weighted by molar-refractivity contribution is -0.124. The number of hydrogen-bond acceptors (Lipinski definition) is 3. The first-order valence-corrected chi connectivity index (χ1v) is 3.74. The number of aliphatic imine (C=N–C) groups is 1. The molecule has 0 radical (unpaired) electrons. The van der Waals surface area contributed by atoms with Crippen molar-refractivity contribution in [3.05, 3.63) is 24.2 Å². The Balaban J connectivity index is 2.34. The summed E-state index contributed by atoms with van der Waals surface area (Å²) in [4.78, 5) is 17.1. The monoisotopic (exact) mass is 163 g/mol. The first-order valence-electron chi connectivity index (χ1n) is 3.74. The molecule has 2 heterocycles. The molecule has 62 valence electrons. The molecule has 0 saturated heterocycles. The van der Waals surface area contributed by atoms with Gasteiger partial charge in [0, 0.05) is 24.3 Å². The zero-order valence-corrected chi connectivity index (χ0v) is 6.69. The third kappa shape index (κ3) is 1.01. The second-order valence-corrected chi connectivity index (χ2v) is 2.76. The van der Waals surface area contributed by atoms with Gasteiger partial charge in [-0.3, -0.25) is 9.79 Å². The summed E-state index contributed by atoms with van der Waals surface area (Å²) in [6.07, 6.45) is 6.73. The minimum absolute atomic E-state index is 0.0735. The molecule has 0 aromatic carbocycles. The number of hydrogen-bond donors (Lipinski definition) is 1. The molecule has 2 rings (SSSR count). The summed E-state index contributed by atoms with van der Waals surface area (Å²) in [5.74, 6) is -0.0735. The Hall–Kier alpha value is -1.58. The normalized spacial score (nSPS) is 26.4. The van der Waals surface area contributed by atoms with Crippen LogP contribution in [0.5, 0.6) is 0 Å². The molecule has 0 aromatic rings. The van der Waals surface area contributed by atoms with Crippen molar-refractivity contribution in [2.45, 2.75) is 13.1 Å². The summed E-state index contributed by atoms with van der Waals surface area (Å²) >= 11 is 0. The fourth-order valence-corrected chi connectivity index (χ4v) is 1.26. The molecular formula is C8H9N3O. The molecule has 1 atom stereocenters. The van der Waals surface area contributed by atoms with E-state index in [1.54, 1.807) is 17.2 Å². The SMILES string of the molecule is CC1=CN2C=CC=NC2C(=O)N1. The Morgan fingerprint density at radius 1 is 1.67 bits per heavy atom. The largest absolute Gasteiger partial charge is 0.325 e. The van der Waals surface area contributed by atoms with Gasteiger partial charge in [0.1, 0.15) is 0 Å². The molecule has 0 fully saturated rings. The summed E-state index contributed by atoms with van der Waals surface area (Å²) in [7, 11) is 0. The van der Waals surface area contributed by atoms with Crippen LogP contribution in [0.1, 0.15) is 6.92 Å². The lowest BCUT2D eigenvalue weighted by Gasteiger charge is -2.29. The van der Waals surface area contributed by atoms with Crippen LogP contribution in [0.2, 0.25) is 0 Å². The number of amides is 1. The Bertz CT molecular complexity index is 303. The first-order chi connectivity index (χ1) is 5.77. The highest BCUT2D eigenvalue weighted by atomic mass is 16.2. The van der Waals surface area contributed by atoms with Crippen molar-refractivity contribution in [2.75, 3.05) is 0 Å². The predicted molar refractivity (Wildman–Crippen MR) is 45.2 cm³/mol. The summed E-state index contributed by atoms with van der Waals surface area (Å²) in [6.45, 7) is 1.85. The maximum Gasteiger partial charge on any atom is 0.269 e. The van der Waals surface area contributed by atoms with E-state index in [0.29, 0.717) is 0 Å². The standard InChI is InChI=1S/C8H9N3O/c1-6-5-11-4-2-3-9-7(11)8(12)10-6/h2-5,7H,1H3,(H,10,12). The van der Waals surface area contributed by atoms with Crippen LogP contribution in [0.25, 0.3) is 0 Å². The van der Waals surface area contributed by atoms with E-state index in [1.807, 2.05) is 19.3 Å². The molecule has 2 aliphatic rings. The number of allylic oxidation sites excluding steroid dienone is 2. The number of carbonyl (C=O) groups excluding carboxylic acids is 1. The minimum atomic E-state index is -0.404. The van der Waals surface area contributed by atoms with E-state index >= 15 is 0 Å². The lowest BCUT2D eigenvalue weighted by Crippen LogP contribution is -2.45. The number of fused-ring (bicyclic) bond motifs is 1. The second-order valence-electron chi connectivity index (χ2n) is 2.76. The van der Waals surface area contributed by atoms with Crippen LogP contribution >= 0.6 is 0 Å². The summed E-state index contributed by atoms with van der Waals surface area (Å²) in [5, 5.41) is 2.71. The van der Waals surface area contributed by atoms with Gasteiger partial charge in [-0.25, -0.2) is 0 Å². The van der Waals surface area contributed by atoms with Crippen molar-refractivity contribution >= 4 is 12.1 Å². The van der Waals surface area contributed by atoms with E-state index in [-0.39, 0.29) is 5.91 Å². The van der Waals surface area contributed by atoms with Gasteiger partial charge in [0.25, 0.3) is 5.91 Å². The van der Waals surface area contributed by atoms with Gasteiger partial charge in [-0.1, -0.05) is 0 Å². The Kier molecular flexibility index (Phi) is 1.46. The molecular weight excluding hydrogens is 154 g/mol. The van der Waals surface area contributed by atoms with Crippen LogP contribution in [0.4, 0.5) is 0 Å². The number of rotatable bonds is 0. The molecule has 0 bridgehead atoms. The molecule has 4 nitrogen and oxygen atoms in total. The van der Waals surface area contributed by atoms with Crippen molar-refractivity contribution < 1.29 is 4.79 Å². The third-order valence-electron chi connectivity index (χ3n) is 1.75. The van der Waals surface area contributed by atoms with E-state index in [4.69, 9.17) is 0 Å². The van der Waals surface area contributed by atoms with Gasteiger partial charge < -0.3 is 10.2 Å². The Morgan fingerprint density at radius 3 is 3.33 bits per heavy atom. The highest BCUT2D eigenvalue weighted by Gasteiger charge is 2.26. The van der Waals surface area contributed by atoms with Gasteiger partial charge in [0.2, 0.25) is 6.17 Å². The fourth-order valence-electron chi connectivity index (χ4n) is 1.26. The van der Waals surface area contributed by atoms with Crippen molar-refractivity contribution in [3.8, 4) is 0 Å². The van der Waals surface area contributed by atoms with Crippen LogP contribution < -0.4 is 5.32 Å². The van der Waals surface area contributed by atoms with E-state index in [0.717, 1.165) is 5.70 Å². The van der Waals surface area contributed by atoms with Gasteiger partial charge in [0.05, 0.1) is 0 Å². The molecule has 12 heavy (non-hydrogen) atoms. The zero-order valence-electron chi connectivity index (χ0n) is 6.69. The van der Waals surface area contributed by atoms with E-state index in [9.17, 15) is 4.79 Å². The molecule has 2 aliphatic heterocycles. The molecule has 0 aliphatic carbocycles. The highest BCUT2D eigenvalue weighted by molar-refractivity contribution is 5.87. The Labute approximate surface area is 70.3 Å². The number of nitrogens with one attached hydrogen (secondary N) is 1. The van der Waals surface area contributed by atoms with Gasteiger partial charge in [-0.15, -0.1) is 0 Å². The average Bonchev–Trinajstić information content (AvgIpc) is 2.04.